The molecule has 0 N–H and O–H groups in total. The Labute approximate surface area is 199 Å². The second kappa shape index (κ2) is 9.76. The van der Waals surface area contributed by atoms with Gasteiger partial charge in [-0.05, 0) is 30.3 Å². The summed E-state index contributed by atoms with van der Waals surface area (Å²) in [6.45, 7) is 0.593. The molecule has 0 saturated carbocycles. The molecular formula is C24H20FN5OS2. The van der Waals surface area contributed by atoms with Crippen LogP contribution in [0.1, 0.15) is 10.9 Å². The third kappa shape index (κ3) is 4.51. The van der Waals surface area contributed by atoms with Gasteiger partial charge in [0.05, 0.1) is 5.75 Å². The Balaban J connectivity index is 1.39. The summed E-state index contributed by atoms with van der Waals surface area (Å²) >= 11 is 2.91. The number of thioether (sulfide) groups is 2. The minimum absolute atomic E-state index is 0.0520. The van der Waals surface area contributed by atoms with Gasteiger partial charge in [-0.25, -0.2) is 4.39 Å². The monoisotopic (exact) mass is 477 g/mol. The molecule has 33 heavy (non-hydrogen) atoms. The highest BCUT2D eigenvalue weighted by Crippen LogP contribution is 2.39. The van der Waals surface area contributed by atoms with Gasteiger partial charge in [-0.15, -0.1) is 22.0 Å². The van der Waals surface area contributed by atoms with E-state index in [-0.39, 0.29) is 22.9 Å². The highest BCUT2D eigenvalue weighted by atomic mass is 32.2. The minimum Gasteiger partial charge on any atom is -0.325 e. The van der Waals surface area contributed by atoms with Gasteiger partial charge in [-0.2, -0.15) is 0 Å². The second-order valence-electron chi connectivity index (χ2n) is 7.34. The van der Waals surface area contributed by atoms with E-state index < -0.39 is 0 Å². The van der Waals surface area contributed by atoms with Crippen molar-refractivity contribution in [2.45, 2.75) is 10.5 Å². The van der Waals surface area contributed by atoms with E-state index in [4.69, 9.17) is 0 Å². The van der Waals surface area contributed by atoms with Crippen LogP contribution in [-0.2, 0) is 4.79 Å². The third-order valence-corrected chi connectivity index (χ3v) is 7.43. The SMILES string of the molecule is O=C(CSc1nnc(-c2cccnc2)n1-c1ccccc1)N1CCS[C@H]1c1ccccc1F. The molecule has 6 nitrogen and oxygen atoms in total. The molecule has 0 radical (unpaired) electrons. The Hall–Kier alpha value is -3.17. The largest absolute Gasteiger partial charge is 0.325 e. The number of pyridine rings is 1. The topological polar surface area (TPSA) is 63.9 Å². The lowest BCUT2D eigenvalue weighted by atomic mass is 10.2. The number of hydrogen-bond donors (Lipinski definition) is 0. The van der Waals surface area contributed by atoms with Crippen LogP contribution in [-0.4, -0.2) is 48.6 Å². The Bertz CT molecular complexity index is 1250. The van der Waals surface area contributed by atoms with Gasteiger partial charge in [0.1, 0.15) is 11.2 Å². The molecule has 9 heteroatoms. The Kier molecular flexibility index (Phi) is 6.41. The number of aromatic nitrogens is 4. The van der Waals surface area contributed by atoms with Crippen LogP contribution in [0.3, 0.4) is 0 Å². The van der Waals surface area contributed by atoms with E-state index in [1.165, 1.54) is 17.8 Å². The molecule has 1 amide bonds. The van der Waals surface area contributed by atoms with Crippen molar-refractivity contribution in [1.82, 2.24) is 24.6 Å². The molecule has 4 aromatic rings. The Morgan fingerprint density at radius 3 is 2.67 bits per heavy atom. The quantitative estimate of drug-likeness (QED) is 0.371. The molecule has 3 heterocycles. The fraction of sp³-hybridized carbons (Fsp3) is 0.167. The molecule has 1 fully saturated rings. The fourth-order valence-corrected chi connectivity index (χ4v) is 5.86. The van der Waals surface area contributed by atoms with Crippen molar-refractivity contribution in [2.75, 3.05) is 18.1 Å². The number of hydrogen-bond acceptors (Lipinski definition) is 6. The summed E-state index contributed by atoms with van der Waals surface area (Å²) in [4.78, 5) is 19.1. The van der Waals surface area contributed by atoms with Gasteiger partial charge < -0.3 is 4.90 Å². The van der Waals surface area contributed by atoms with Crippen LogP contribution in [0.15, 0.2) is 84.3 Å². The van der Waals surface area contributed by atoms with Gasteiger partial charge in [0, 0.05) is 41.5 Å². The highest BCUT2D eigenvalue weighted by Gasteiger charge is 2.32. The molecule has 166 valence electrons. The summed E-state index contributed by atoms with van der Waals surface area (Å²) in [5.41, 5.74) is 2.28. The Morgan fingerprint density at radius 2 is 1.88 bits per heavy atom. The number of carbonyl (C=O) groups is 1. The maximum atomic E-state index is 14.4. The predicted octanol–water partition coefficient (Wildman–Crippen LogP) is 4.83. The number of para-hydroxylation sites is 1. The molecule has 5 rings (SSSR count). The average Bonchev–Trinajstić information content (AvgIpc) is 3.51. The summed E-state index contributed by atoms with van der Waals surface area (Å²) in [6, 6.07) is 20.2. The summed E-state index contributed by atoms with van der Waals surface area (Å²) in [5.74, 6) is 1.28. The molecule has 1 atom stereocenters. The first-order chi connectivity index (χ1) is 16.2. The van der Waals surface area contributed by atoms with Gasteiger partial charge >= 0.3 is 0 Å². The van der Waals surface area contributed by atoms with Crippen LogP contribution in [0, 0.1) is 5.82 Å². The lowest BCUT2D eigenvalue weighted by Gasteiger charge is -2.24. The lowest BCUT2D eigenvalue weighted by Crippen LogP contribution is -2.32. The van der Waals surface area contributed by atoms with Crippen LogP contribution in [0.4, 0.5) is 4.39 Å². The van der Waals surface area contributed by atoms with Crippen molar-refractivity contribution in [2.24, 2.45) is 0 Å². The van der Waals surface area contributed by atoms with Crippen LogP contribution < -0.4 is 0 Å². The number of carbonyl (C=O) groups excluding carboxylic acids is 1. The molecule has 1 aliphatic rings. The highest BCUT2D eigenvalue weighted by molar-refractivity contribution is 8.00. The maximum Gasteiger partial charge on any atom is 0.234 e. The molecule has 0 aliphatic carbocycles. The molecule has 2 aromatic carbocycles. The molecule has 0 unspecified atom stereocenters. The van der Waals surface area contributed by atoms with Crippen molar-refractivity contribution in [3.63, 3.8) is 0 Å². The molecule has 0 spiro atoms. The number of rotatable bonds is 6. The van der Waals surface area contributed by atoms with Gasteiger partial charge in [0.15, 0.2) is 11.0 Å². The summed E-state index contributed by atoms with van der Waals surface area (Å²) in [5, 5.41) is 9.06. The Morgan fingerprint density at radius 1 is 1.06 bits per heavy atom. The van der Waals surface area contributed by atoms with Crippen molar-refractivity contribution in [3.05, 3.63) is 90.5 Å². The first kappa shape index (κ1) is 21.7. The van der Waals surface area contributed by atoms with Crippen molar-refractivity contribution in [3.8, 4) is 17.1 Å². The molecule has 1 aliphatic heterocycles. The van der Waals surface area contributed by atoms with Crippen LogP contribution in [0.5, 0.6) is 0 Å². The van der Waals surface area contributed by atoms with Crippen LogP contribution in [0.25, 0.3) is 17.1 Å². The zero-order chi connectivity index (χ0) is 22.6. The normalized spacial score (nSPS) is 15.7. The lowest BCUT2D eigenvalue weighted by molar-refractivity contribution is -0.128. The zero-order valence-corrected chi connectivity index (χ0v) is 19.2. The van der Waals surface area contributed by atoms with Gasteiger partial charge in [-0.3, -0.25) is 14.3 Å². The number of amides is 1. The smallest absolute Gasteiger partial charge is 0.234 e. The summed E-state index contributed by atoms with van der Waals surface area (Å²) < 4.78 is 16.3. The maximum absolute atomic E-state index is 14.4. The van der Waals surface area contributed by atoms with E-state index in [0.717, 1.165) is 17.0 Å². The van der Waals surface area contributed by atoms with Gasteiger partial charge in [0.25, 0.3) is 0 Å². The number of nitrogens with zero attached hydrogens (tertiary/aromatic N) is 5. The number of benzene rings is 2. The van der Waals surface area contributed by atoms with Crippen molar-refractivity contribution < 1.29 is 9.18 Å². The predicted molar refractivity (Wildman–Crippen MR) is 129 cm³/mol. The standard InChI is InChI=1S/C24H20FN5OS2/c25-20-11-5-4-10-19(20)23-29(13-14-32-23)21(31)16-33-24-28-27-22(17-7-6-12-26-15-17)30(24)18-8-2-1-3-9-18/h1-12,15,23H,13-14,16H2/t23-/m0/s1. The summed E-state index contributed by atoms with van der Waals surface area (Å²) in [6.07, 6.45) is 3.45. The number of halogens is 1. The van der Waals surface area contributed by atoms with E-state index in [2.05, 4.69) is 15.2 Å². The first-order valence-electron chi connectivity index (χ1n) is 10.4. The van der Waals surface area contributed by atoms with E-state index in [9.17, 15) is 9.18 Å². The summed E-state index contributed by atoms with van der Waals surface area (Å²) in [7, 11) is 0. The van der Waals surface area contributed by atoms with Crippen LogP contribution >= 0.6 is 23.5 Å². The van der Waals surface area contributed by atoms with Gasteiger partial charge in [-0.1, -0.05) is 48.2 Å². The third-order valence-electron chi connectivity index (χ3n) is 5.27. The van der Waals surface area contributed by atoms with E-state index in [1.807, 2.05) is 47.0 Å². The minimum atomic E-state index is -0.308. The second-order valence-corrected chi connectivity index (χ2v) is 9.47. The molecule has 0 bridgehead atoms. The first-order valence-corrected chi connectivity index (χ1v) is 12.5. The van der Waals surface area contributed by atoms with Crippen LogP contribution in [0.2, 0.25) is 0 Å². The molecular weight excluding hydrogens is 457 g/mol. The molecule has 2 aromatic heterocycles. The fourth-order valence-electron chi connectivity index (χ4n) is 3.72. The van der Waals surface area contributed by atoms with E-state index in [0.29, 0.717) is 23.1 Å². The van der Waals surface area contributed by atoms with E-state index >= 15 is 0 Å². The molecule has 1 saturated heterocycles. The van der Waals surface area contributed by atoms with Crippen molar-refractivity contribution >= 4 is 29.4 Å². The van der Waals surface area contributed by atoms with Gasteiger partial charge in [0.2, 0.25) is 5.91 Å². The average molecular weight is 478 g/mol. The van der Waals surface area contributed by atoms with Crippen molar-refractivity contribution in [1.29, 1.82) is 0 Å². The zero-order valence-electron chi connectivity index (χ0n) is 17.5. The van der Waals surface area contributed by atoms with E-state index in [1.54, 1.807) is 47.3 Å².